The first-order valence-corrected chi connectivity index (χ1v) is 8.37. The van der Waals surface area contributed by atoms with Crippen molar-refractivity contribution in [2.75, 3.05) is 19.1 Å². The first kappa shape index (κ1) is 20.6. The molecule has 0 fully saturated rings. The van der Waals surface area contributed by atoms with Gasteiger partial charge < -0.3 is 4.90 Å². The van der Waals surface area contributed by atoms with E-state index in [2.05, 4.69) is 5.10 Å². The highest BCUT2D eigenvalue weighted by Gasteiger charge is 2.40. The lowest BCUT2D eigenvalue weighted by Gasteiger charge is -2.18. The summed E-state index contributed by atoms with van der Waals surface area (Å²) >= 11 is 12.0. The minimum absolute atomic E-state index is 0.0739. The average molecular weight is 408 g/mol. The topological polar surface area (TPSA) is 35.9 Å². The summed E-state index contributed by atoms with van der Waals surface area (Å²) in [5.74, 6) is -0.507. The number of halogens is 5. The predicted octanol–water partition coefficient (Wildman–Crippen LogP) is 5.21. The molecule has 1 aliphatic heterocycles. The van der Waals surface area contributed by atoms with Gasteiger partial charge in [0.2, 0.25) is 0 Å². The van der Waals surface area contributed by atoms with Crippen LogP contribution in [0.3, 0.4) is 0 Å². The molecule has 1 heterocycles. The highest BCUT2D eigenvalue weighted by molar-refractivity contribution is 6.42. The minimum Gasteiger partial charge on any atom is -0.383 e. The third-order valence-electron chi connectivity index (χ3n) is 3.53. The number of benzene rings is 1. The largest absolute Gasteiger partial charge is 0.416 e. The van der Waals surface area contributed by atoms with Gasteiger partial charge in [-0.3, -0.25) is 4.79 Å². The number of hydrogen-bond acceptors (Lipinski definition) is 3. The molecule has 1 aromatic rings. The van der Waals surface area contributed by atoms with E-state index in [0.717, 1.165) is 17.1 Å². The Morgan fingerprint density at radius 3 is 2.00 bits per heavy atom. The van der Waals surface area contributed by atoms with E-state index in [1.807, 2.05) is 20.8 Å². The Morgan fingerprint density at radius 1 is 1.12 bits per heavy atom. The molecular weight excluding hydrogens is 390 g/mol. The smallest absolute Gasteiger partial charge is 0.383 e. The second kappa shape index (κ2) is 6.78. The summed E-state index contributed by atoms with van der Waals surface area (Å²) in [6.07, 6.45) is -2.99. The van der Waals surface area contributed by atoms with Gasteiger partial charge in [0.25, 0.3) is 5.91 Å². The van der Waals surface area contributed by atoms with Gasteiger partial charge in [0.05, 0.1) is 26.9 Å². The maximum atomic E-state index is 12.9. The molecule has 0 saturated carbocycles. The van der Waals surface area contributed by atoms with Crippen LogP contribution in [-0.2, 0) is 11.0 Å². The standard InChI is InChI=1S/C17H18Cl2F3N3O/c1-16(2,3)14-10(8-24(4)5)15(26)25(23-14)13-11(18)6-9(7-12(13)19)17(20,21)22/h6-8H,1-5H3/b10-8-. The summed E-state index contributed by atoms with van der Waals surface area (Å²) in [7, 11) is 3.50. The normalized spacial score (nSPS) is 17.2. The molecule has 9 heteroatoms. The number of nitrogens with zero attached hydrogens (tertiary/aromatic N) is 3. The van der Waals surface area contributed by atoms with Gasteiger partial charge in [0.1, 0.15) is 5.69 Å². The number of amides is 1. The van der Waals surface area contributed by atoms with Gasteiger partial charge in [0.15, 0.2) is 0 Å². The Hall–Kier alpha value is -1.73. The molecule has 0 saturated heterocycles. The second-order valence-corrected chi connectivity index (χ2v) is 7.92. The minimum atomic E-state index is -4.60. The van der Waals surface area contributed by atoms with Gasteiger partial charge in [-0.2, -0.15) is 23.3 Å². The highest BCUT2D eigenvalue weighted by Crippen LogP contribution is 2.43. The Bertz CT molecular complexity index is 785. The number of hydrogen-bond donors (Lipinski definition) is 0. The molecule has 0 spiro atoms. The summed E-state index contributed by atoms with van der Waals surface area (Å²) in [4.78, 5) is 14.6. The second-order valence-electron chi connectivity index (χ2n) is 7.11. The number of rotatable bonds is 2. The van der Waals surface area contributed by atoms with Gasteiger partial charge in [-0.1, -0.05) is 44.0 Å². The van der Waals surface area contributed by atoms with Crippen molar-refractivity contribution < 1.29 is 18.0 Å². The van der Waals surface area contributed by atoms with Crippen molar-refractivity contribution in [1.82, 2.24) is 4.90 Å². The summed E-state index contributed by atoms with van der Waals surface area (Å²) < 4.78 is 38.8. The summed E-state index contributed by atoms with van der Waals surface area (Å²) in [5, 5.41) is 4.66. The van der Waals surface area contributed by atoms with Crippen molar-refractivity contribution in [2.45, 2.75) is 26.9 Å². The van der Waals surface area contributed by atoms with Crippen LogP contribution in [0.4, 0.5) is 18.9 Å². The van der Waals surface area contributed by atoms with Crippen molar-refractivity contribution in [3.63, 3.8) is 0 Å². The Balaban J connectivity index is 2.63. The molecule has 26 heavy (non-hydrogen) atoms. The molecule has 0 unspecified atom stereocenters. The van der Waals surface area contributed by atoms with E-state index in [9.17, 15) is 18.0 Å². The van der Waals surface area contributed by atoms with Crippen LogP contribution in [0.25, 0.3) is 0 Å². The summed E-state index contributed by atoms with van der Waals surface area (Å²) in [6, 6.07) is 1.46. The fourth-order valence-electron chi connectivity index (χ4n) is 2.43. The van der Waals surface area contributed by atoms with Crippen molar-refractivity contribution in [3.05, 3.63) is 39.5 Å². The Labute approximate surface area is 159 Å². The van der Waals surface area contributed by atoms with E-state index in [1.165, 1.54) is 0 Å². The van der Waals surface area contributed by atoms with E-state index < -0.39 is 23.1 Å². The lowest BCUT2D eigenvalue weighted by Crippen LogP contribution is -2.26. The van der Waals surface area contributed by atoms with Crippen LogP contribution in [0.5, 0.6) is 0 Å². The molecule has 0 aromatic heterocycles. The molecule has 0 aliphatic carbocycles. The van der Waals surface area contributed by atoms with Gasteiger partial charge in [-0.05, 0) is 12.1 Å². The number of hydrazone groups is 1. The van der Waals surface area contributed by atoms with Gasteiger partial charge in [0, 0.05) is 25.7 Å². The number of carbonyl (C=O) groups is 1. The lowest BCUT2D eigenvalue weighted by molar-refractivity contribution is -0.137. The zero-order valence-electron chi connectivity index (χ0n) is 14.9. The van der Waals surface area contributed by atoms with E-state index in [-0.39, 0.29) is 15.7 Å². The maximum Gasteiger partial charge on any atom is 0.416 e. The number of anilines is 1. The maximum absolute atomic E-state index is 12.9. The van der Waals surface area contributed by atoms with Crippen LogP contribution >= 0.6 is 23.2 Å². The van der Waals surface area contributed by atoms with Crippen molar-refractivity contribution >= 4 is 40.5 Å². The van der Waals surface area contributed by atoms with Gasteiger partial charge in [-0.15, -0.1) is 0 Å². The van der Waals surface area contributed by atoms with Crippen LogP contribution < -0.4 is 5.01 Å². The summed E-state index contributed by atoms with van der Waals surface area (Å²) in [5.41, 5.74) is -0.725. The van der Waals surface area contributed by atoms with E-state index in [4.69, 9.17) is 23.2 Å². The van der Waals surface area contributed by atoms with E-state index in [1.54, 1.807) is 25.2 Å². The zero-order chi connectivity index (χ0) is 20.0. The van der Waals surface area contributed by atoms with Crippen molar-refractivity contribution in [3.8, 4) is 0 Å². The SMILES string of the molecule is CN(C)/C=C1\C(=O)N(c2c(Cl)cc(C(F)(F)F)cc2Cl)N=C1C(C)(C)C. The summed E-state index contributed by atoms with van der Waals surface area (Å²) in [6.45, 7) is 5.63. The molecule has 142 valence electrons. The van der Waals surface area contributed by atoms with Crippen molar-refractivity contribution in [1.29, 1.82) is 0 Å². The molecule has 4 nitrogen and oxygen atoms in total. The average Bonchev–Trinajstić information content (AvgIpc) is 2.74. The molecule has 1 aliphatic rings. The first-order chi connectivity index (χ1) is 11.7. The van der Waals surface area contributed by atoms with Crippen molar-refractivity contribution in [2.24, 2.45) is 10.5 Å². The molecule has 0 radical (unpaired) electrons. The molecule has 1 aromatic carbocycles. The van der Waals surface area contributed by atoms with E-state index in [0.29, 0.717) is 11.3 Å². The first-order valence-electron chi connectivity index (χ1n) is 7.62. The molecule has 0 bridgehead atoms. The molecule has 1 amide bonds. The number of carbonyl (C=O) groups excluding carboxylic acids is 1. The fourth-order valence-corrected chi connectivity index (χ4v) is 3.07. The molecular formula is C17H18Cl2F3N3O. The van der Waals surface area contributed by atoms with Crippen LogP contribution in [0.2, 0.25) is 10.0 Å². The van der Waals surface area contributed by atoms with Crippen LogP contribution in [-0.4, -0.2) is 30.6 Å². The van der Waals surface area contributed by atoms with E-state index >= 15 is 0 Å². The Kier molecular flexibility index (Phi) is 5.36. The molecule has 2 rings (SSSR count). The van der Waals surface area contributed by atoms with Gasteiger partial charge >= 0.3 is 6.18 Å². The van der Waals surface area contributed by atoms with Crippen LogP contribution in [0.1, 0.15) is 26.3 Å². The highest BCUT2D eigenvalue weighted by atomic mass is 35.5. The zero-order valence-corrected chi connectivity index (χ0v) is 16.4. The molecule has 0 N–H and O–H groups in total. The quantitative estimate of drug-likeness (QED) is 0.631. The predicted molar refractivity (Wildman–Crippen MR) is 97.6 cm³/mol. The fraction of sp³-hybridized carbons (Fsp3) is 0.412. The lowest BCUT2D eigenvalue weighted by atomic mass is 9.86. The number of alkyl halides is 3. The molecule has 0 atom stereocenters. The Morgan fingerprint density at radius 2 is 1.62 bits per heavy atom. The third kappa shape index (κ3) is 3.99. The van der Waals surface area contributed by atoms with Crippen LogP contribution in [0.15, 0.2) is 29.0 Å². The van der Waals surface area contributed by atoms with Crippen LogP contribution in [0, 0.1) is 5.41 Å². The van der Waals surface area contributed by atoms with Gasteiger partial charge in [-0.25, -0.2) is 0 Å². The monoisotopic (exact) mass is 407 g/mol. The third-order valence-corrected chi connectivity index (χ3v) is 4.11.